The molecule has 4 nitrogen and oxygen atoms in total. The van der Waals surface area contributed by atoms with Gasteiger partial charge in [0.05, 0.1) is 5.56 Å². The first-order valence-corrected chi connectivity index (χ1v) is 4.10. The zero-order chi connectivity index (χ0) is 10.3. The molecule has 1 N–H and O–H groups in total. The van der Waals surface area contributed by atoms with Crippen molar-refractivity contribution >= 4 is 17.6 Å². The fourth-order valence-electron chi connectivity index (χ4n) is 1.39. The highest BCUT2D eigenvalue weighted by Gasteiger charge is 2.29. The third-order valence-corrected chi connectivity index (χ3v) is 2.10. The van der Waals surface area contributed by atoms with Gasteiger partial charge in [0.15, 0.2) is 0 Å². The van der Waals surface area contributed by atoms with E-state index in [-0.39, 0.29) is 11.1 Å². The quantitative estimate of drug-likeness (QED) is 0.476. The molecule has 0 spiro atoms. The lowest BCUT2D eigenvalue weighted by molar-refractivity contribution is -0.116. The Kier molecular flexibility index (Phi) is 1.70. The Hall–Kier alpha value is -1.97. The topological polar surface area (TPSA) is 63.2 Å². The number of hydrogen-bond donors (Lipinski definition) is 1. The number of rotatable bonds is 0. The number of imide groups is 1. The second kappa shape index (κ2) is 2.77. The molecule has 0 saturated carbocycles. The molecule has 1 aliphatic rings. The minimum Gasteiger partial charge on any atom is -0.285 e. The highest BCUT2D eigenvalue weighted by molar-refractivity contribution is 6.49. The number of nitrogens with one attached hydrogen (secondary N) is 1. The highest BCUT2D eigenvalue weighted by atomic mass is 16.2. The van der Waals surface area contributed by atoms with E-state index in [0.29, 0.717) is 0 Å². The van der Waals surface area contributed by atoms with Gasteiger partial charge in [0.25, 0.3) is 17.6 Å². The molecule has 2 amide bonds. The van der Waals surface area contributed by atoms with Crippen LogP contribution in [-0.4, -0.2) is 17.6 Å². The summed E-state index contributed by atoms with van der Waals surface area (Å²) in [6.07, 6.45) is 0. The van der Waals surface area contributed by atoms with Crippen LogP contribution < -0.4 is 5.32 Å². The molecule has 1 aromatic rings. The number of aryl methyl sites for hydroxylation is 1. The van der Waals surface area contributed by atoms with Crippen molar-refractivity contribution in [1.82, 2.24) is 5.32 Å². The molecule has 0 saturated heterocycles. The zero-order valence-corrected chi connectivity index (χ0v) is 7.46. The van der Waals surface area contributed by atoms with E-state index in [9.17, 15) is 14.4 Å². The number of amides is 2. The Morgan fingerprint density at radius 3 is 2.43 bits per heavy atom. The maximum atomic E-state index is 11.4. The molecule has 0 aromatic heterocycles. The number of fused-ring (bicyclic) bond motifs is 1. The Balaban J connectivity index is 2.68. The van der Waals surface area contributed by atoms with E-state index in [0.717, 1.165) is 5.56 Å². The fourth-order valence-corrected chi connectivity index (χ4v) is 1.39. The standard InChI is InChI=1S/C10H7NO3/c1-5-2-3-6-7(4-5)8(12)10(14)11-9(6)13/h2-4H,1H3,(H,11,13,14). The zero-order valence-electron chi connectivity index (χ0n) is 7.46. The summed E-state index contributed by atoms with van der Waals surface area (Å²) in [4.78, 5) is 33.6. The summed E-state index contributed by atoms with van der Waals surface area (Å²) < 4.78 is 0. The molecular weight excluding hydrogens is 182 g/mol. The first-order chi connectivity index (χ1) is 6.59. The van der Waals surface area contributed by atoms with Gasteiger partial charge >= 0.3 is 0 Å². The monoisotopic (exact) mass is 189 g/mol. The Labute approximate surface area is 79.9 Å². The molecule has 0 bridgehead atoms. The van der Waals surface area contributed by atoms with Crippen molar-refractivity contribution in [2.45, 2.75) is 6.92 Å². The van der Waals surface area contributed by atoms with Crippen LogP contribution in [0.2, 0.25) is 0 Å². The van der Waals surface area contributed by atoms with Crippen molar-refractivity contribution in [3.8, 4) is 0 Å². The summed E-state index contributed by atoms with van der Waals surface area (Å²) in [7, 11) is 0. The summed E-state index contributed by atoms with van der Waals surface area (Å²) in [5, 5.41) is 1.98. The summed E-state index contributed by atoms with van der Waals surface area (Å²) in [5.41, 5.74) is 1.30. The molecule has 1 aromatic carbocycles. The number of carbonyl (C=O) groups is 3. The predicted molar refractivity (Wildman–Crippen MR) is 48.0 cm³/mol. The van der Waals surface area contributed by atoms with Gasteiger partial charge in [0.2, 0.25) is 0 Å². The maximum Gasteiger partial charge on any atom is 0.299 e. The molecule has 0 unspecified atom stereocenters. The third-order valence-electron chi connectivity index (χ3n) is 2.10. The minimum atomic E-state index is -0.854. The van der Waals surface area contributed by atoms with Crippen LogP contribution in [0, 0.1) is 6.92 Å². The molecule has 1 aliphatic heterocycles. The van der Waals surface area contributed by atoms with Gasteiger partial charge in [-0.25, -0.2) is 0 Å². The minimum absolute atomic E-state index is 0.193. The molecule has 4 heteroatoms. The summed E-state index contributed by atoms with van der Waals surface area (Å²) >= 11 is 0. The van der Waals surface area contributed by atoms with Crippen molar-refractivity contribution in [1.29, 1.82) is 0 Å². The van der Waals surface area contributed by atoms with Crippen molar-refractivity contribution in [2.75, 3.05) is 0 Å². The highest BCUT2D eigenvalue weighted by Crippen LogP contribution is 2.15. The van der Waals surface area contributed by atoms with Crippen molar-refractivity contribution < 1.29 is 14.4 Å². The first kappa shape index (κ1) is 8.62. The molecule has 14 heavy (non-hydrogen) atoms. The summed E-state index contributed by atoms with van der Waals surface area (Å²) in [6.45, 7) is 1.80. The van der Waals surface area contributed by atoms with E-state index in [1.54, 1.807) is 25.1 Å². The SMILES string of the molecule is Cc1ccc2c(c1)C(=O)C(=O)NC2=O. The van der Waals surface area contributed by atoms with Crippen molar-refractivity contribution in [2.24, 2.45) is 0 Å². The normalized spacial score (nSPS) is 15.1. The van der Waals surface area contributed by atoms with Crippen LogP contribution in [0.4, 0.5) is 0 Å². The van der Waals surface area contributed by atoms with Crippen LogP contribution in [0.25, 0.3) is 0 Å². The lowest BCUT2D eigenvalue weighted by Gasteiger charge is -2.13. The second-order valence-corrected chi connectivity index (χ2v) is 3.16. The number of Topliss-reactive ketones (excluding diaryl/α,β-unsaturated/α-hetero) is 1. The first-order valence-electron chi connectivity index (χ1n) is 4.10. The Bertz CT molecular complexity index is 462. The predicted octanol–water partition coefficient (Wildman–Crippen LogP) is 0.448. The lowest BCUT2D eigenvalue weighted by Crippen LogP contribution is -2.42. The lowest BCUT2D eigenvalue weighted by atomic mass is 9.97. The average molecular weight is 189 g/mol. The second-order valence-electron chi connectivity index (χ2n) is 3.16. The van der Waals surface area contributed by atoms with Crippen LogP contribution >= 0.6 is 0 Å². The average Bonchev–Trinajstić information content (AvgIpc) is 2.14. The smallest absolute Gasteiger partial charge is 0.285 e. The fraction of sp³-hybridized carbons (Fsp3) is 0.100. The number of hydrogen-bond acceptors (Lipinski definition) is 3. The molecule has 70 valence electrons. The molecule has 1 heterocycles. The van der Waals surface area contributed by atoms with E-state index in [2.05, 4.69) is 0 Å². The van der Waals surface area contributed by atoms with Gasteiger partial charge < -0.3 is 0 Å². The van der Waals surface area contributed by atoms with E-state index in [1.807, 2.05) is 5.32 Å². The van der Waals surface area contributed by atoms with E-state index >= 15 is 0 Å². The number of ketones is 1. The van der Waals surface area contributed by atoms with E-state index < -0.39 is 17.6 Å². The third kappa shape index (κ3) is 1.12. The maximum absolute atomic E-state index is 11.4. The molecular formula is C10H7NO3. The molecule has 0 atom stereocenters. The number of carbonyl (C=O) groups excluding carboxylic acids is 3. The van der Waals surface area contributed by atoms with Gasteiger partial charge in [-0.05, 0) is 19.1 Å². The van der Waals surface area contributed by atoms with Gasteiger partial charge in [-0.3, -0.25) is 19.7 Å². The van der Waals surface area contributed by atoms with Gasteiger partial charge in [-0.1, -0.05) is 11.6 Å². The van der Waals surface area contributed by atoms with Crippen LogP contribution in [0.5, 0.6) is 0 Å². The van der Waals surface area contributed by atoms with E-state index in [1.165, 1.54) is 0 Å². The largest absolute Gasteiger partial charge is 0.299 e. The van der Waals surface area contributed by atoms with Crippen molar-refractivity contribution in [3.63, 3.8) is 0 Å². The van der Waals surface area contributed by atoms with Crippen LogP contribution in [0.15, 0.2) is 18.2 Å². The molecule has 0 fully saturated rings. The van der Waals surface area contributed by atoms with Gasteiger partial charge in [0, 0.05) is 5.56 Å². The van der Waals surface area contributed by atoms with Crippen LogP contribution in [-0.2, 0) is 4.79 Å². The summed E-state index contributed by atoms with van der Waals surface area (Å²) in [6, 6.07) is 4.82. The van der Waals surface area contributed by atoms with E-state index in [4.69, 9.17) is 0 Å². The summed E-state index contributed by atoms with van der Waals surface area (Å²) in [5.74, 6) is -2.01. The van der Waals surface area contributed by atoms with Crippen LogP contribution in [0.3, 0.4) is 0 Å². The Morgan fingerprint density at radius 1 is 1.00 bits per heavy atom. The molecule has 2 rings (SSSR count). The van der Waals surface area contributed by atoms with Crippen molar-refractivity contribution in [3.05, 3.63) is 34.9 Å². The molecule has 0 aliphatic carbocycles. The van der Waals surface area contributed by atoms with Gasteiger partial charge in [-0.2, -0.15) is 0 Å². The van der Waals surface area contributed by atoms with Gasteiger partial charge in [-0.15, -0.1) is 0 Å². The Morgan fingerprint density at radius 2 is 1.71 bits per heavy atom. The van der Waals surface area contributed by atoms with Gasteiger partial charge in [0.1, 0.15) is 0 Å². The number of benzene rings is 1. The van der Waals surface area contributed by atoms with Crippen LogP contribution in [0.1, 0.15) is 26.3 Å². The molecule has 0 radical (unpaired) electrons.